The first-order chi connectivity index (χ1) is 14.5. The van der Waals surface area contributed by atoms with Gasteiger partial charge in [-0.05, 0) is 124 Å². The molecular weight excluding hydrogens is 420 g/mol. The molecule has 0 bridgehead atoms. The van der Waals surface area contributed by atoms with Crippen LogP contribution in [0.25, 0.3) is 0 Å². The predicted octanol–water partition coefficient (Wildman–Crippen LogP) is 7.86. The molecule has 0 fully saturated rings. The van der Waals surface area contributed by atoms with E-state index >= 15 is 0 Å². The fourth-order valence-electron chi connectivity index (χ4n) is 7.68. The van der Waals surface area contributed by atoms with Gasteiger partial charge in [-0.3, -0.25) is 0 Å². The maximum atomic E-state index is 6.81. The van der Waals surface area contributed by atoms with Gasteiger partial charge in [-0.15, -0.1) is 0 Å². The number of hydrogen-bond donors (Lipinski definition) is 2. The first kappa shape index (κ1) is 33.8. The van der Waals surface area contributed by atoms with Gasteiger partial charge in [0.2, 0.25) is 0 Å². The first-order valence-corrected chi connectivity index (χ1v) is 13.4. The molecule has 0 rings (SSSR count). The van der Waals surface area contributed by atoms with Crippen molar-refractivity contribution in [3.05, 3.63) is 0 Å². The van der Waals surface area contributed by atoms with Crippen LogP contribution in [0.2, 0.25) is 0 Å². The zero-order valence-electron chi connectivity index (χ0n) is 26.2. The molecule has 0 aliphatic heterocycles. The Balaban J connectivity index is 5.29. The van der Waals surface area contributed by atoms with E-state index in [1.807, 2.05) is 0 Å². The van der Waals surface area contributed by atoms with Crippen LogP contribution in [0.4, 0.5) is 0 Å². The molecule has 4 heteroatoms. The van der Waals surface area contributed by atoms with Crippen LogP contribution in [-0.4, -0.2) is 34.5 Å². The second-order valence-electron chi connectivity index (χ2n) is 16.8. The van der Waals surface area contributed by atoms with Crippen molar-refractivity contribution in [3.8, 4) is 0 Å². The number of nitrogens with two attached hydrogens (primary N) is 2. The van der Waals surface area contributed by atoms with Gasteiger partial charge >= 0.3 is 0 Å². The number of ether oxygens (including phenoxy) is 2. The Kier molecular flexibility index (Phi) is 10.6. The van der Waals surface area contributed by atoms with Gasteiger partial charge in [-0.2, -0.15) is 0 Å². The quantitative estimate of drug-likeness (QED) is 0.248. The number of hydrogen-bond acceptors (Lipinski definition) is 4. The lowest BCUT2D eigenvalue weighted by atomic mass is 9.72. The van der Waals surface area contributed by atoms with Gasteiger partial charge in [0.1, 0.15) is 0 Å². The van der Waals surface area contributed by atoms with Crippen LogP contribution in [0.15, 0.2) is 0 Å². The summed E-state index contributed by atoms with van der Waals surface area (Å²) in [7, 11) is 0. The normalized spacial score (nSPS) is 15.7. The highest BCUT2D eigenvalue weighted by Gasteiger charge is 2.42. The van der Waals surface area contributed by atoms with Crippen molar-refractivity contribution in [2.24, 2.45) is 27.7 Å². The standard InChI is InChI=1S/C30H64N2O2/c1-23(2,17-26(7,8)32)18-27(9,10)33-28(11,12)19-24(3,4)20-29(13,14)34-30(15,16)21-25(5,6)22-31/h17-22,31-32H2,1-16H3. The van der Waals surface area contributed by atoms with Crippen LogP contribution < -0.4 is 11.5 Å². The SMILES string of the molecule is CC(C)(N)CC(C)(C)CC(C)(C)OC(C)(C)CC(C)(C)CC(C)(C)OC(C)(C)CC(C)(C)CN. The minimum absolute atomic E-state index is 0.0529. The number of rotatable bonds is 15. The molecule has 4 N–H and O–H groups in total. The second-order valence-corrected chi connectivity index (χ2v) is 16.8. The van der Waals surface area contributed by atoms with Crippen molar-refractivity contribution in [2.45, 2.75) is 171 Å². The molecule has 206 valence electrons. The van der Waals surface area contributed by atoms with E-state index in [9.17, 15) is 0 Å². The van der Waals surface area contributed by atoms with E-state index in [1.54, 1.807) is 0 Å². The molecule has 34 heavy (non-hydrogen) atoms. The summed E-state index contributed by atoms with van der Waals surface area (Å²) in [5.41, 5.74) is 11.4. The van der Waals surface area contributed by atoms with E-state index in [0.717, 1.165) is 32.1 Å². The van der Waals surface area contributed by atoms with E-state index in [4.69, 9.17) is 20.9 Å². The van der Waals surface area contributed by atoms with Crippen LogP contribution in [-0.2, 0) is 9.47 Å². The summed E-state index contributed by atoms with van der Waals surface area (Å²) in [6.45, 7) is 36.3. The molecule has 0 unspecified atom stereocenters. The molecule has 0 aromatic heterocycles. The molecule has 4 nitrogen and oxygen atoms in total. The predicted molar refractivity (Wildman–Crippen MR) is 150 cm³/mol. The lowest BCUT2D eigenvalue weighted by Crippen LogP contribution is -2.46. The van der Waals surface area contributed by atoms with Crippen molar-refractivity contribution in [3.63, 3.8) is 0 Å². The molecular formula is C30H64N2O2. The van der Waals surface area contributed by atoms with Crippen LogP contribution in [0, 0.1) is 16.2 Å². The highest BCUT2D eigenvalue weighted by atomic mass is 16.5. The summed E-state index contributed by atoms with van der Waals surface area (Å²) in [6, 6.07) is 0. The Morgan fingerprint density at radius 1 is 0.412 bits per heavy atom. The molecule has 0 radical (unpaired) electrons. The third-order valence-electron chi connectivity index (χ3n) is 6.21. The Morgan fingerprint density at radius 3 is 0.882 bits per heavy atom. The van der Waals surface area contributed by atoms with Gasteiger partial charge in [-0.1, -0.05) is 41.5 Å². The third-order valence-corrected chi connectivity index (χ3v) is 6.21. The van der Waals surface area contributed by atoms with Crippen molar-refractivity contribution in [2.75, 3.05) is 6.54 Å². The summed E-state index contributed by atoms with van der Waals surface area (Å²) in [5, 5.41) is 0. The lowest BCUT2D eigenvalue weighted by Gasteiger charge is -2.47. The Labute approximate surface area is 214 Å². The molecule has 0 heterocycles. The Hall–Kier alpha value is -0.160. The van der Waals surface area contributed by atoms with Crippen LogP contribution in [0.1, 0.15) is 143 Å². The van der Waals surface area contributed by atoms with Gasteiger partial charge in [0, 0.05) is 5.54 Å². The van der Waals surface area contributed by atoms with E-state index in [0.29, 0.717) is 6.54 Å². The van der Waals surface area contributed by atoms with Gasteiger partial charge in [-0.25, -0.2) is 0 Å². The minimum atomic E-state index is -0.256. The average Bonchev–Trinajstić information content (AvgIpc) is 2.34. The summed E-state index contributed by atoms with van der Waals surface area (Å²) >= 11 is 0. The van der Waals surface area contributed by atoms with Crippen molar-refractivity contribution in [1.82, 2.24) is 0 Å². The smallest absolute Gasteiger partial charge is 0.0639 e. The van der Waals surface area contributed by atoms with Crippen molar-refractivity contribution in [1.29, 1.82) is 0 Å². The molecule has 0 atom stereocenters. The zero-order valence-corrected chi connectivity index (χ0v) is 26.2. The third kappa shape index (κ3) is 15.1. The monoisotopic (exact) mass is 484 g/mol. The average molecular weight is 485 g/mol. The van der Waals surface area contributed by atoms with Crippen LogP contribution in [0.5, 0.6) is 0 Å². The molecule has 0 amide bonds. The first-order valence-electron chi connectivity index (χ1n) is 13.4. The van der Waals surface area contributed by atoms with Crippen LogP contribution in [0.3, 0.4) is 0 Å². The van der Waals surface area contributed by atoms with E-state index in [2.05, 4.69) is 111 Å². The molecule has 0 saturated heterocycles. The highest BCUT2D eigenvalue weighted by molar-refractivity contribution is 4.92. The van der Waals surface area contributed by atoms with Crippen LogP contribution >= 0.6 is 0 Å². The summed E-state index contributed by atoms with van der Waals surface area (Å²) in [5.74, 6) is 0. The zero-order chi connectivity index (χ0) is 27.7. The van der Waals surface area contributed by atoms with Gasteiger partial charge in [0.05, 0.1) is 22.4 Å². The van der Waals surface area contributed by atoms with Crippen molar-refractivity contribution < 1.29 is 9.47 Å². The minimum Gasteiger partial charge on any atom is -0.370 e. The molecule has 0 aliphatic rings. The largest absolute Gasteiger partial charge is 0.370 e. The van der Waals surface area contributed by atoms with E-state index in [-0.39, 0.29) is 44.2 Å². The Morgan fingerprint density at radius 2 is 0.647 bits per heavy atom. The fourth-order valence-corrected chi connectivity index (χ4v) is 7.68. The molecule has 0 aromatic carbocycles. The van der Waals surface area contributed by atoms with Gasteiger partial charge in [0.25, 0.3) is 0 Å². The summed E-state index contributed by atoms with van der Waals surface area (Å²) in [4.78, 5) is 0. The molecule has 0 aliphatic carbocycles. The van der Waals surface area contributed by atoms with Gasteiger partial charge < -0.3 is 20.9 Å². The Bertz CT molecular complexity index is 635. The fraction of sp³-hybridized carbons (Fsp3) is 1.00. The van der Waals surface area contributed by atoms with Crippen molar-refractivity contribution >= 4 is 0 Å². The topological polar surface area (TPSA) is 70.5 Å². The maximum absolute atomic E-state index is 6.81. The second kappa shape index (κ2) is 10.7. The maximum Gasteiger partial charge on any atom is 0.0639 e. The lowest BCUT2D eigenvalue weighted by molar-refractivity contribution is -0.171. The van der Waals surface area contributed by atoms with E-state index in [1.165, 1.54) is 0 Å². The molecule has 0 spiro atoms. The molecule has 0 aromatic rings. The molecule has 0 saturated carbocycles. The summed E-state index contributed by atoms with van der Waals surface area (Å²) in [6.07, 6.45) is 4.75. The van der Waals surface area contributed by atoms with Gasteiger partial charge in [0.15, 0.2) is 0 Å². The van der Waals surface area contributed by atoms with E-state index < -0.39 is 0 Å². The highest BCUT2D eigenvalue weighted by Crippen LogP contribution is 2.44. The summed E-state index contributed by atoms with van der Waals surface area (Å²) < 4.78 is 13.5.